The summed E-state index contributed by atoms with van der Waals surface area (Å²) >= 11 is 1.34. The lowest BCUT2D eigenvalue weighted by Crippen LogP contribution is -2.60. The Balaban J connectivity index is 1.53. The Morgan fingerprint density at radius 3 is 2.75 bits per heavy atom. The number of anilines is 1. The maximum absolute atomic E-state index is 13.1. The molecule has 1 aromatic rings. The zero-order valence-electron chi connectivity index (χ0n) is 15.7. The van der Waals surface area contributed by atoms with Gasteiger partial charge in [0.1, 0.15) is 12.1 Å². The Morgan fingerprint density at radius 2 is 2.04 bits per heavy atom. The number of sulfonamides is 1. The highest BCUT2D eigenvalue weighted by Gasteiger charge is 2.48. The number of thiazole rings is 1. The van der Waals surface area contributed by atoms with Crippen molar-refractivity contribution in [2.75, 3.05) is 24.2 Å². The molecule has 10 heteroatoms. The highest BCUT2D eigenvalue weighted by Crippen LogP contribution is 2.32. The number of aromatic nitrogens is 1. The molecule has 2 atom stereocenters. The molecule has 0 unspecified atom stereocenters. The number of fused-ring (bicyclic) bond motifs is 1. The van der Waals surface area contributed by atoms with Gasteiger partial charge in [-0.15, -0.1) is 11.3 Å². The number of piperazine rings is 1. The van der Waals surface area contributed by atoms with Crippen LogP contribution < -0.4 is 5.32 Å². The largest absolute Gasteiger partial charge is 0.328 e. The topological polar surface area (TPSA) is 99.7 Å². The summed E-state index contributed by atoms with van der Waals surface area (Å²) in [6.45, 7) is 0.529. The Bertz CT molecular complexity index is 821. The van der Waals surface area contributed by atoms with Gasteiger partial charge in [0.2, 0.25) is 21.8 Å². The molecule has 4 rings (SSSR count). The average molecular weight is 427 g/mol. The molecular formula is C18H26N4O4S2. The highest BCUT2D eigenvalue weighted by molar-refractivity contribution is 7.89. The third kappa shape index (κ3) is 3.95. The van der Waals surface area contributed by atoms with Gasteiger partial charge in [-0.1, -0.05) is 32.1 Å². The summed E-state index contributed by atoms with van der Waals surface area (Å²) in [7, 11) is -3.34. The monoisotopic (exact) mass is 426 g/mol. The van der Waals surface area contributed by atoms with Gasteiger partial charge in [-0.25, -0.2) is 13.4 Å². The molecule has 0 bridgehead atoms. The van der Waals surface area contributed by atoms with E-state index >= 15 is 0 Å². The maximum atomic E-state index is 13.1. The summed E-state index contributed by atoms with van der Waals surface area (Å²) in [4.78, 5) is 31.9. The third-order valence-corrected chi connectivity index (χ3v) is 8.70. The van der Waals surface area contributed by atoms with Crippen molar-refractivity contribution in [1.82, 2.24) is 14.2 Å². The van der Waals surface area contributed by atoms with E-state index in [1.807, 2.05) is 0 Å². The molecule has 0 aromatic carbocycles. The van der Waals surface area contributed by atoms with Crippen molar-refractivity contribution in [3.8, 4) is 0 Å². The predicted octanol–water partition coefficient (Wildman–Crippen LogP) is 1.67. The van der Waals surface area contributed by atoms with Gasteiger partial charge in [-0.05, 0) is 18.8 Å². The molecule has 2 saturated heterocycles. The predicted molar refractivity (Wildman–Crippen MR) is 106 cm³/mol. The lowest BCUT2D eigenvalue weighted by molar-refractivity contribution is -0.145. The highest BCUT2D eigenvalue weighted by atomic mass is 32.2. The van der Waals surface area contributed by atoms with E-state index in [9.17, 15) is 18.0 Å². The van der Waals surface area contributed by atoms with Gasteiger partial charge in [0.25, 0.3) is 0 Å². The Morgan fingerprint density at radius 1 is 1.25 bits per heavy atom. The quantitative estimate of drug-likeness (QED) is 0.772. The number of rotatable bonds is 5. The molecule has 28 heavy (non-hydrogen) atoms. The van der Waals surface area contributed by atoms with E-state index in [4.69, 9.17) is 0 Å². The van der Waals surface area contributed by atoms with Gasteiger partial charge < -0.3 is 10.2 Å². The molecule has 3 fully saturated rings. The summed E-state index contributed by atoms with van der Waals surface area (Å²) < 4.78 is 25.6. The zero-order valence-corrected chi connectivity index (χ0v) is 17.4. The zero-order chi connectivity index (χ0) is 19.7. The normalized spacial score (nSPS) is 26.8. The van der Waals surface area contributed by atoms with Crippen molar-refractivity contribution in [2.24, 2.45) is 5.92 Å². The summed E-state index contributed by atoms with van der Waals surface area (Å²) in [5.41, 5.74) is 0. The SMILES string of the molecule is O=C(Nc1nccs1)[C@H](CC1CCCCC1)N1CCN2[C@@H](CCS2(=O)=O)C1=O. The second-order valence-corrected chi connectivity index (χ2v) is 10.8. The van der Waals surface area contributed by atoms with Crippen LogP contribution in [0.2, 0.25) is 0 Å². The van der Waals surface area contributed by atoms with E-state index in [-0.39, 0.29) is 30.7 Å². The minimum absolute atomic E-state index is 0.00977. The number of carbonyl (C=O) groups excluding carboxylic acids is 2. The van der Waals surface area contributed by atoms with E-state index in [1.54, 1.807) is 16.5 Å². The first-order valence-electron chi connectivity index (χ1n) is 9.96. The van der Waals surface area contributed by atoms with Crippen LogP contribution in [0.25, 0.3) is 0 Å². The van der Waals surface area contributed by atoms with E-state index in [0.29, 0.717) is 23.9 Å². The first-order valence-corrected chi connectivity index (χ1v) is 12.4. The fraction of sp³-hybridized carbons (Fsp3) is 0.722. The fourth-order valence-electron chi connectivity index (χ4n) is 4.66. The van der Waals surface area contributed by atoms with Crippen molar-refractivity contribution in [3.63, 3.8) is 0 Å². The van der Waals surface area contributed by atoms with Crippen LogP contribution in [0.15, 0.2) is 11.6 Å². The van der Waals surface area contributed by atoms with Crippen LogP contribution in [0.4, 0.5) is 5.13 Å². The first-order chi connectivity index (χ1) is 13.5. The van der Waals surface area contributed by atoms with Gasteiger partial charge in [-0.2, -0.15) is 4.31 Å². The standard InChI is InChI=1S/C18H26N4O4S2/c23-16(20-18-19-7-10-27-18)15(12-13-4-2-1-3-5-13)21-8-9-22-14(17(21)24)6-11-28(22,25)26/h7,10,13-15H,1-6,8-9,11-12H2,(H,19,20,23)/t14-,15-/m0/s1. The van der Waals surface area contributed by atoms with E-state index < -0.39 is 22.1 Å². The summed E-state index contributed by atoms with van der Waals surface area (Å²) in [6.07, 6.45) is 8.26. The molecule has 1 saturated carbocycles. The molecule has 1 aromatic heterocycles. The van der Waals surface area contributed by atoms with Crippen LogP contribution in [0, 0.1) is 5.92 Å². The van der Waals surface area contributed by atoms with Gasteiger partial charge in [0.05, 0.1) is 5.75 Å². The second-order valence-electron chi connectivity index (χ2n) is 7.84. The van der Waals surface area contributed by atoms with Gasteiger partial charge in [0.15, 0.2) is 5.13 Å². The molecular weight excluding hydrogens is 400 g/mol. The molecule has 3 heterocycles. The molecule has 0 radical (unpaired) electrons. The summed E-state index contributed by atoms with van der Waals surface area (Å²) in [5, 5.41) is 5.16. The van der Waals surface area contributed by atoms with Gasteiger partial charge >= 0.3 is 0 Å². The lowest BCUT2D eigenvalue weighted by Gasteiger charge is -2.40. The maximum Gasteiger partial charge on any atom is 0.248 e. The molecule has 8 nitrogen and oxygen atoms in total. The average Bonchev–Trinajstić information content (AvgIpc) is 3.29. The van der Waals surface area contributed by atoms with Crippen molar-refractivity contribution >= 4 is 38.3 Å². The van der Waals surface area contributed by atoms with Crippen molar-refractivity contribution < 1.29 is 18.0 Å². The Hall–Kier alpha value is -1.52. The van der Waals surface area contributed by atoms with Crippen LogP contribution >= 0.6 is 11.3 Å². The smallest absolute Gasteiger partial charge is 0.248 e. The number of amides is 2. The molecule has 3 aliphatic rings. The van der Waals surface area contributed by atoms with Gasteiger partial charge in [-0.3, -0.25) is 9.59 Å². The lowest BCUT2D eigenvalue weighted by atomic mass is 9.84. The Labute approximate surface area is 169 Å². The van der Waals surface area contributed by atoms with Crippen LogP contribution in [-0.4, -0.2) is 65.3 Å². The van der Waals surface area contributed by atoms with Crippen LogP contribution in [0.5, 0.6) is 0 Å². The van der Waals surface area contributed by atoms with Crippen LogP contribution in [0.3, 0.4) is 0 Å². The van der Waals surface area contributed by atoms with Crippen molar-refractivity contribution in [3.05, 3.63) is 11.6 Å². The number of nitrogens with zero attached hydrogens (tertiary/aromatic N) is 3. The minimum Gasteiger partial charge on any atom is -0.328 e. The number of hydrogen-bond acceptors (Lipinski definition) is 6. The molecule has 1 N–H and O–H groups in total. The molecule has 2 aliphatic heterocycles. The molecule has 2 amide bonds. The van der Waals surface area contributed by atoms with Crippen LogP contribution in [-0.2, 0) is 19.6 Å². The second kappa shape index (κ2) is 8.08. The summed E-state index contributed by atoms with van der Waals surface area (Å²) in [6, 6.07) is -1.23. The minimum atomic E-state index is -3.34. The number of nitrogens with one attached hydrogen (secondary N) is 1. The van der Waals surface area contributed by atoms with Crippen molar-refractivity contribution in [1.29, 1.82) is 0 Å². The van der Waals surface area contributed by atoms with Crippen molar-refractivity contribution in [2.45, 2.75) is 57.0 Å². The molecule has 1 aliphatic carbocycles. The van der Waals surface area contributed by atoms with E-state index in [2.05, 4.69) is 10.3 Å². The molecule has 0 spiro atoms. The van der Waals surface area contributed by atoms with E-state index in [1.165, 1.54) is 22.1 Å². The molecule has 154 valence electrons. The van der Waals surface area contributed by atoms with Gasteiger partial charge in [0, 0.05) is 24.7 Å². The first kappa shape index (κ1) is 19.8. The Kier molecular flexibility index (Phi) is 5.71. The van der Waals surface area contributed by atoms with E-state index in [0.717, 1.165) is 25.7 Å². The summed E-state index contributed by atoms with van der Waals surface area (Å²) in [5.74, 6) is -0.0277. The number of carbonyl (C=O) groups is 2. The number of hydrogen-bond donors (Lipinski definition) is 1. The third-order valence-electron chi connectivity index (χ3n) is 6.11. The fourth-order valence-corrected chi connectivity index (χ4v) is 6.89. The van der Waals surface area contributed by atoms with Crippen LogP contribution in [0.1, 0.15) is 44.9 Å².